The summed E-state index contributed by atoms with van der Waals surface area (Å²) in [6.45, 7) is 5.36. The van der Waals surface area contributed by atoms with E-state index < -0.39 is 50.5 Å². The van der Waals surface area contributed by atoms with Crippen LogP contribution in [0.25, 0.3) is 11.2 Å². The van der Waals surface area contributed by atoms with Crippen LogP contribution in [0.3, 0.4) is 0 Å². The van der Waals surface area contributed by atoms with Crippen LogP contribution in [0, 0.1) is 0 Å². The van der Waals surface area contributed by atoms with Gasteiger partial charge in [-0.05, 0) is 27.7 Å². The molecule has 0 saturated carbocycles. The molecule has 2 aromatic rings. The van der Waals surface area contributed by atoms with Gasteiger partial charge in [-0.2, -0.15) is 9.97 Å². The number of alkyl halides is 1. The third-order valence-corrected chi connectivity index (χ3v) is 7.55. The predicted molar refractivity (Wildman–Crippen MR) is 127 cm³/mol. The average Bonchev–Trinajstić information content (AvgIpc) is 3.29. The van der Waals surface area contributed by atoms with Crippen molar-refractivity contribution in [1.82, 2.24) is 24.6 Å². The lowest BCUT2D eigenvalue weighted by atomic mass is 9.98. The van der Waals surface area contributed by atoms with Crippen molar-refractivity contribution < 1.29 is 37.2 Å². The molecule has 0 spiro atoms. The number of halogens is 1. The zero-order chi connectivity index (χ0) is 26.1. The first kappa shape index (κ1) is 27.6. The van der Waals surface area contributed by atoms with Gasteiger partial charge in [-0.15, -0.1) is 0 Å². The van der Waals surface area contributed by atoms with Crippen LogP contribution in [-0.4, -0.2) is 74.3 Å². The maximum absolute atomic E-state index is 15.7. The zero-order valence-corrected chi connectivity index (χ0v) is 21.9. The van der Waals surface area contributed by atoms with Gasteiger partial charge in [0.15, 0.2) is 28.9 Å². The number of aromatic nitrogens is 4. The molecule has 3 rings (SSSR count). The summed E-state index contributed by atoms with van der Waals surface area (Å²) in [7, 11) is -0.678. The van der Waals surface area contributed by atoms with E-state index in [1.165, 1.54) is 17.8 Å². The van der Waals surface area contributed by atoms with Gasteiger partial charge in [0.25, 0.3) is 0 Å². The number of carbonyl (C=O) groups is 1. The van der Waals surface area contributed by atoms with E-state index in [2.05, 4.69) is 25.4 Å². The van der Waals surface area contributed by atoms with Crippen LogP contribution in [-0.2, 0) is 27.7 Å². The second kappa shape index (κ2) is 10.6. The standard InChI is InChI=1S/C18H30FN7O7P2/c1-8(2)31-15(28)9(3)25-35(29,33-34)30-6-10-12(27)18(4,19)16(32-10)26-7-22-11-13(21-5)23-17(20)24-14(11)26/h7-10,12,16,27H,6,34H2,1-5H3,(H,25,29)(H3,20,21,23,24)/t9-,10+,12+,16+,18+,35?/m0/s1. The number of anilines is 2. The Balaban J connectivity index is 1.77. The second-order valence-corrected chi connectivity index (χ2v) is 10.7. The van der Waals surface area contributed by atoms with Crippen LogP contribution in [0.4, 0.5) is 16.2 Å². The molecule has 1 saturated heterocycles. The summed E-state index contributed by atoms with van der Waals surface area (Å²) in [5, 5.41) is 15.9. The van der Waals surface area contributed by atoms with Crippen LogP contribution < -0.4 is 16.1 Å². The third kappa shape index (κ3) is 5.72. The van der Waals surface area contributed by atoms with Crippen LogP contribution in [0.1, 0.15) is 33.9 Å². The number of ether oxygens (including phenoxy) is 2. The Hall–Kier alpha value is -1.99. The van der Waals surface area contributed by atoms with Crippen molar-refractivity contribution in [2.75, 3.05) is 24.7 Å². The molecule has 14 nitrogen and oxygen atoms in total. The Bertz CT molecular complexity index is 1120. The van der Waals surface area contributed by atoms with Crippen molar-refractivity contribution in [3.63, 3.8) is 0 Å². The summed E-state index contributed by atoms with van der Waals surface area (Å²) in [6.07, 6.45) is -3.41. The monoisotopic (exact) mass is 537 g/mol. The van der Waals surface area contributed by atoms with Crippen molar-refractivity contribution in [3.8, 4) is 0 Å². The molecule has 0 bridgehead atoms. The highest BCUT2D eigenvalue weighted by Crippen LogP contribution is 2.49. The van der Waals surface area contributed by atoms with Gasteiger partial charge >= 0.3 is 13.7 Å². The number of fused-ring (bicyclic) bond motifs is 1. The molecule has 3 heterocycles. The van der Waals surface area contributed by atoms with Gasteiger partial charge in [0.1, 0.15) is 18.2 Å². The number of nitrogens with one attached hydrogen (secondary N) is 2. The Morgan fingerprint density at radius 2 is 2.14 bits per heavy atom. The highest BCUT2D eigenvalue weighted by Gasteiger charge is 2.56. The molecule has 0 aliphatic carbocycles. The summed E-state index contributed by atoms with van der Waals surface area (Å²) in [5.74, 6) is -0.411. The Morgan fingerprint density at radius 1 is 1.46 bits per heavy atom. The molecule has 0 radical (unpaired) electrons. The maximum Gasteiger partial charge on any atom is 0.409 e. The summed E-state index contributed by atoms with van der Waals surface area (Å²) in [5.41, 5.74) is 3.93. The predicted octanol–water partition coefficient (Wildman–Crippen LogP) is 1.30. The smallest absolute Gasteiger partial charge is 0.409 e. The minimum atomic E-state index is -4.08. The lowest BCUT2D eigenvalue weighted by Crippen LogP contribution is -2.41. The fourth-order valence-electron chi connectivity index (χ4n) is 3.52. The summed E-state index contributed by atoms with van der Waals surface area (Å²) in [6, 6.07) is -1.04. The van der Waals surface area contributed by atoms with Gasteiger partial charge in [0, 0.05) is 16.5 Å². The number of hydrogen-bond donors (Lipinski definition) is 4. The molecule has 0 amide bonds. The van der Waals surface area contributed by atoms with Gasteiger partial charge in [-0.1, -0.05) is 0 Å². The topological polar surface area (TPSA) is 185 Å². The largest absolute Gasteiger partial charge is 0.462 e. The summed E-state index contributed by atoms with van der Waals surface area (Å²) in [4.78, 5) is 24.4. The number of esters is 1. The number of nitrogen functional groups attached to an aromatic ring is 1. The molecule has 35 heavy (non-hydrogen) atoms. The van der Waals surface area contributed by atoms with Crippen LogP contribution in [0.2, 0.25) is 0 Å². The average molecular weight is 537 g/mol. The molecule has 5 N–H and O–H groups in total. The van der Waals surface area contributed by atoms with Gasteiger partial charge in [0.05, 0.1) is 19.0 Å². The molecule has 17 heteroatoms. The molecular weight excluding hydrogens is 507 g/mol. The number of aliphatic hydroxyl groups is 1. The first-order valence-corrected chi connectivity index (χ1v) is 12.7. The second-order valence-electron chi connectivity index (χ2n) is 8.36. The minimum absolute atomic E-state index is 0.0719. The molecule has 2 unspecified atom stereocenters. The van der Waals surface area contributed by atoms with E-state index in [4.69, 9.17) is 24.0 Å². The number of hydrogen-bond acceptors (Lipinski definition) is 12. The lowest BCUT2D eigenvalue weighted by molar-refractivity contribution is -0.149. The van der Waals surface area contributed by atoms with E-state index in [0.29, 0.717) is 11.3 Å². The number of rotatable bonds is 10. The van der Waals surface area contributed by atoms with Crippen LogP contribution in [0.15, 0.2) is 6.33 Å². The molecule has 196 valence electrons. The van der Waals surface area contributed by atoms with E-state index in [1.807, 2.05) is 0 Å². The fraction of sp³-hybridized carbons (Fsp3) is 0.667. The number of nitrogens with zero attached hydrogens (tertiary/aromatic N) is 4. The van der Waals surface area contributed by atoms with Gasteiger partial charge in [0.2, 0.25) is 5.95 Å². The fourth-order valence-corrected chi connectivity index (χ4v) is 5.01. The number of carbonyl (C=O) groups excluding carboxylic acids is 1. The van der Waals surface area contributed by atoms with E-state index in [1.54, 1.807) is 30.4 Å². The highest BCUT2D eigenvalue weighted by molar-refractivity contribution is 7.55. The van der Waals surface area contributed by atoms with Crippen LogP contribution in [0.5, 0.6) is 0 Å². The first-order valence-electron chi connectivity index (χ1n) is 10.6. The molecule has 1 aliphatic rings. The van der Waals surface area contributed by atoms with Crippen molar-refractivity contribution in [2.45, 2.75) is 63.9 Å². The quantitative estimate of drug-likeness (QED) is 0.251. The lowest BCUT2D eigenvalue weighted by Gasteiger charge is -2.25. The van der Waals surface area contributed by atoms with E-state index >= 15 is 4.39 Å². The van der Waals surface area contributed by atoms with Crippen molar-refractivity contribution in [3.05, 3.63) is 6.33 Å². The normalized spacial score (nSPS) is 27.2. The van der Waals surface area contributed by atoms with E-state index in [-0.39, 0.29) is 17.7 Å². The summed E-state index contributed by atoms with van der Waals surface area (Å²) < 4.78 is 50.9. The SMILES string of the molecule is CNc1nc(N)nc2c1ncn2[C@@H]1O[C@H](COP(=O)(N[C@@H](C)C(=O)OC(C)C)OP)[C@@H](O)[C@@]1(C)F. The van der Waals surface area contributed by atoms with Crippen molar-refractivity contribution >= 4 is 46.1 Å². The molecule has 7 atom stereocenters. The first-order chi connectivity index (χ1) is 16.3. The highest BCUT2D eigenvalue weighted by atomic mass is 31.2. The Kier molecular flexibility index (Phi) is 8.32. The number of aliphatic hydroxyl groups excluding tert-OH is 1. The van der Waals surface area contributed by atoms with E-state index in [0.717, 1.165) is 6.92 Å². The Morgan fingerprint density at radius 3 is 2.74 bits per heavy atom. The molecule has 1 fully saturated rings. The maximum atomic E-state index is 15.7. The molecule has 2 aromatic heterocycles. The van der Waals surface area contributed by atoms with Gasteiger partial charge in [-0.3, -0.25) is 18.2 Å². The number of nitrogens with two attached hydrogens (primary N) is 1. The Labute approximate surface area is 203 Å². The molecule has 0 aromatic carbocycles. The third-order valence-electron chi connectivity index (χ3n) is 5.25. The van der Waals surface area contributed by atoms with Gasteiger partial charge in [-0.25, -0.2) is 19.0 Å². The van der Waals surface area contributed by atoms with E-state index in [9.17, 15) is 14.5 Å². The van der Waals surface area contributed by atoms with Gasteiger partial charge < -0.3 is 25.6 Å². The zero-order valence-electron chi connectivity index (χ0n) is 19.8. The van der Waals surface area contributed by atoms with Crippen LogP contribution >= 0.6 is 17.2 Å². The minimum Gasteiger partial charge on any atom is -0.462 e. The molecular formula is C18H30FN7O7P2. The van der Waals surface area contributed by atoms with Crippen molar-refractivity contribution in [1.29, 1.82) is 0 Å². The van der Waals surface area contributed by atoms with Crippen molar-refractivity contribution in [2.24, 2.45) is 0 Å². The number of imidazole rings is 1. The summed E-state index contributed by atoms with van der Waals surface area (Å²) >= 11 is 0. The molecule has 1 aliphatic heterocycles.